The molecular weight excluding hydrogens is 376 g/mol. The molecule has 4 nitrogen and oxygen atoms in total. The number of rotatable bonds is 5. The highest BCUT2D eigenvalue weighted by atomic mass is 79.9. The molecule has 1 amide bonds. The molecule has 1 heterocycles. The maximum absolute atomic E-state index is 11.1. The summed E-state index contributed by atoms with van der Waals surface area (Å²) in [5.74, 6) is 0.940. The van der Waals surface area contributed by atoms with Gasteiger partial charge in [0.05, 0.1) is 15.6 Å². The minimum Gasteiger partial charge on any atom is -0.492 e. The number of halogens is 2. The van der Waals surface area contributed by atoms with Crippen molar-refractivity contribution in [2.75, 3.05) is 13.2 Å². The molecule has 19 heavy (non-hydrogen) atoms. The largest absolute Gasteiger partial charge is 0.492 e. The molecule has 1 aliphatic heterocycles. The van der Waals surface area contributed by atoms with Gasteiger partial charge in [0.1, 0.15) is 5.75 Å². The van der Waals surface area contributed by atoms with Gasteiger partial charge in [-0.25, -0.2) is 0 Å². The van der Waals surface area contributed by atoms with Crippen LogP contribution >= 0.6 is 31.9 Å². The predicted octanol–water partition coefficient (Wildman–Crippen LogP) is 2.59. The first kappa shape index (κ1) is 14.8. The summed E-state index contributed by atoms with van der Waals surface area (Å²) in [6.45, 7) is 4.02. The van der Waals surface area contributed by atoms with E-state index in [9.17, 15) is 4.79 Å². The molecule has 1 aliphatic rings. The van der Waals surface area contributed by atoms with E-state index in [2.05, 4.69) is 42.5 Å². The van der Waals surface area contributed by atoms with Crippen molar-refractivity contribution in [3.8, 4) is 5.75 Å². The summed E-state index contributed by atoms with van der Waals surface area (Å²) in [4.78, 5) is 11.1. The van der Waals surface area contributed by atoms with E-state index in [0.29, 0.717) is 19.6 Å². The minimum absolute atomic E-state index is 0.117. The van der Waals surface area contributed by atoms with Crippen LogP contribution in [0, 0.1) is 0 Å². The molecule has 0 bridgehead atoms. The lowest BCUT2D eigenvalue weighted by molar-refractivity contribution is -0.119. The van der Waals surface area contributed by atoms with Gasteiger partial charge >= 0.3 is 0 Å². The third kappa shape index (κ3) is 3.94. The van der Waals surface area contributed by atoms with Crippen LogP contribution < -0.4 is 15.4 Å². The summed E-state index contributed by atoms with van der Waals surface area (Å²) in [6.07, 6.45) is 0.555. The van der Waals surface area contributed by atoms with Gasteiger partial charge < -0.3 is 15.4 Å². The van der Waals surface area contributed by atoms with Crippen LogP contribution in [0.25, 0.3) is 0 Å². The molecule has 0 spiro atoms. The van der Waals surface area contributed by atoms with E-state index in [1.807, 2.05) is 19.1 Å². The Morgan fingerprint density at radius 3 is 2.63 bits per heavy atom. The average Bonchev–Trinajstić information content (AvgIpc) is 2.77. The topological polar surface area (TPSA) is 50.4 Å². The predicted molar refractivity (Wildman–Crippen MR) is 81.3 cm³/mol. The fourth-order valence-electron chi connectivity index (χ4n) is 2.01. The summed E-state index contributed by atoms with van der Waals surface area (Å²) in [6, 6.07) is 4.29. The normalized spacial score (nSPS) is 18.5. The third-order valence-electron chi connectivity index (χ3n) is 2.92. The quantitative estimate of drug-likeness (QED) is 0.810. The van der Waals surface area contributed by atoms with Crippen LogP contribution in [0.2, 0.25) is 0 Å². The number of carbonyl (C=O) groups excluding carboxylic acids is 1. The molecule has 0 saturated carbocycles. The number of ether oxygens (including phenoxy) is 1. The highest BCUT2D eigenvalue weighted by Gasteiger charge is 2.20. The molecule has 1 aromatic rings. The summed E-state index contributed by atoms with van der Waals surface area (Å²) >= 11 is 7.03. The highest BCUT2D eigenvalue weighted by Crippen LogP contribution is 2.34. The maximum Gasteiger partial charge on any atom is 0.221 e. The van der Waals surface area contributed by atoms with Crippen LogP contribution in [0.5, 0.6) is 5.75 Å². The van der Waals surface area contributed by atoms with Gasteiger partial charge in [-0.1, -0.05) is 0 Å². The molecule has 1 unspecified atom stereocenters. The second-order valence-corrected chi connectivity index (χ2v) is 6.12. The van der Waals surface area contributed by atoms with Gasteiger partial charge in [-0.15, -0.1) is 0 Å². The first-order valence-electron chi connectivity index (χ1n) is 6.21. The Kier molecular flexibility index (Phi) is 5.24. The van der Waals surface area contributed by atoms with Gasteiger partial charge in [0.15, 0.2) is 0 Å². The van der Waals surface area contributed by atoms with Crippen LogP contribution in [0.4, 0.5) is 0 Å². The molecule has 0 radical (unpaired) electrons. The Hall–Kier alpha value is -0.590. The lowest BCUT2D eigenvalue weighted by Crippen LogP contribution is -2.30. The maximum atomic E-state index is 11.1. The van der Waals surface area contributed by atoms with Crippen molar-refractivity contribution < 1.29 is 9.53 Å². The molecule has 1 aromatic carbocycles. The number of nitrogens with one attached hydrogen (secondary N) is 2. The molecule has 2 N–H and O–H groups in total. The van der Waals surface area contributed by atoms with E-state index >= 15 is 0 Å². The van der Waals surface area contributed by atoms with Gasteiger partial charge in [0.2, 0.25) is 5.91 Å². The van der Waals surface area contributed by atoms with E-state index < -0.39 is 0 Å². The summed E-state index contributed by atoms with van der Waals surface area (Å²) < 4.78 is 7.41. The van der Waals surface area contributed by atoms with Crippen LogP contribution in [0.3, 0.4) is 0 Å². The average molecular weight is 392 g/mol. The summed E-state index contributed by atoms with van der Waals surface area (Å²) in [7, 11) is 0. The molecule has 0 aromatic heterocycles. The molecule has 104 valence electrons. The van der Waals surface area contributed by atoms with E-state index in [1.165, 1.54) is 0 Å². The monoisotopic (exact) mass is 390 g/mol. The third-order valence-corrected chi connectivity index (χ3v) is 4.10. The summed E-state index contributed by atoms with van der Waals surface area (Å²) in [5, 5.41) is 6.18. The molecule has 6 heteroatoms. The van der Waals surface area contributed by atoms with Crippen LogP contribution in [0.15, 0.2) is 21.1 Å². The molecular formula is C13H16Br2N2O2. The van der Waals surface area contributed by atoms with Crippen molar-refractivity contribution in [2.45, 2.75) is 25.9 Å². The zero-order chi connectivity index (χ0) is 13.8. The van der Waals surface area contributed by atoms with E-state index in [-0.39, 0.29) is 11.9 Å². The zero-order valence-corrected chi connectivity index (χ0v) is 13.8. The fourth-order valence-corrected chi connectivity index (χ4v) is 3.52. The Bertz CT molecular complexity index is 457. The molecule has 1 saturated heterocycles. The summed E-state index contributed by atoms with van der Waals surface area (Å²) in [5.41, 5.74) is 1.14. The van der Waals surface area contributed by atoms with Crippen LogP contribution in [-0.2, 0) is 11.3 Å². The van der Waals surface area contributed by atoms with Crippen molar-refractivity contribution >= 4 is 37.8 Å². The number of hydrogen-bond acceptors (Lipinski definition) is 3. The molecule has 1 atom stereocenters. The Morgan fingerprint density at radius 2 is 2.11 bits per heavy atom. The molecule has 2 rings (SSSR count). The second kappa shape index (κ2) is 6.72. The number of hydrogen-bond donors (Lipinski definition) is 2. The van der Waals surface area contributed by atoms with Gasteiger partial charge in [0, 0.05) is 25.6 Å². The second-order valence-electron chi connectivity index (χ2n) is 4.41. The number of amides is 1. The number of benzene rings is 1. The lowest BCUT2D eigenvalue weighted by Gasteiger charge is -2.13. The fraction of sp³-hybridized carbons (Fsp3) is 0.462. The van der Waals surface area contributed by atoms with Gasteiger partial charge in [-0.3, -0.25) is 4.79 Å². The van der Waals surface area contributed by atoms with Crippen molar-refractivity contribution in [1.29, 1.82) is 0 Å². The van der Waals surface area contributed by atoms with Crippen molar-refractivity contribution in [2.24, 2.45) is 0 Å². The van der Waals surface area contributed by atoms with Crippen LogP contribution in [-0.4, -0.2) is 25.1 Å². The Balaban J connectivity index is 1.99. The first-order chi connectivity index (χ1) is 9.10. The first-order valence-corrected chi connectivity index (χ1v) is 7.79. The van der Waals surface area contributed by atoms with E-state index in [1.54, 1.807) is 0 Å². The van der Waals surface area contributed by atoms with Crippen molar-refractivity contribution in [1.82, 2.24) is 10.6 Å². The molecule has 1 fully saturated rings. The highest BCUT2D eigenvalue weighted by molar-refractivity contribution is 9.11. The van der Waals surface area contributed by atoms with Crippen molar-refractivity contribution in [3.63, 3.8) is 0 Å². The van der Waals surface area contributed by atoms with Gasteiger partial charge in [0.25, 0.3) is 0 Å². The SMILES string of the molecule is CCOc1c(Br)cc(CNC2CNC(=O)C2)cc1Br. The Labute approximate surface area is 129 Å². The number of carbonyl (C=O) groups is 1. The lowest BCUT2D eigenvalue weighted by atomic mass is 10.2. The van der Waals surface area contributed by atoms with E-state index in [0.717, 1.165) is 26.8 Å². The van der Waals surface area contributed by atoms with Gasteiger partial charge in [-0.2, -0.15) is 0 Å². The van der Waals surface area contributed by atoms with Crippen molar-refractivity contribution in [3.05, 3.63) is 26.6 Å². The zero-order valence-electron chi connectivity index (χ0n) is 10.6. The minimum atomic E-state index is 0.117. The standard InChI is InChI=1S/C13H16Br2N2O2/c1-2-19-13-10(14)3-8(4-11(13)15)6-16-9-5-12(18)17-7-9/h3-4,9,16H,2,5-7H2,1H3,(H,17,18). The van der Waals surface area contributed by atoms with Gasteiger partial charge in [-0.05, 0) is 56.5 Å². The van der Waals surface area contributed by atoms with Crippen LogP contribution in [0.1, 0.15) is 18.9 Å². The van der Waals surface area contributed by atoms with E-state index in [4.69, 9.17) is 4.74 Å². The molecule has 0 aliphatic carbocycles. The Morgan fingerprint density at radius 1 is 1.42 bits per heavy atom. The smallest absolute Gasteiger partial charge is 0.221 e.